The molecule has 0 amide bonds. The molecule has 0 radical (unpaired) electrons. The van der Waals surface area contributed by atoms with E-state index >= 15 is 0 Å². The van der Waals surface area contributed by atoms with Gasteiger partial charge >= 0.3 is 0 Å². The van der Waals surface area contributed by atoms with Gasteiger partial charge < -0.3 is 4.90 Å². The van der Waals surface area contributed by atoms with Crippen molar-refractivity contribution < 1.29 is 0 Å². The molecule has 0 saturated heterocycles. The van der Waals surface area contributed by atoms with E-state index in [-0.39, 0.29) is 16.4 Å². The Morgan fingerprint density at radius 2 is 1.33 bits per heavy atom. The maximum absolute atomic E-state index is 2.53. The average Bonchev–Trinajstić information content (AvgIpc) is 2.89. The third-order valence-electron chi connectivity index (χ3n) is 6.47. The summed E-state index contributed by atoms with van der Waals surface area (Å²) in [5.41, 5.74) is 9.58. The van der Waals surface area contributed by atoms with Gasteiger partial charge in [-0.15, -0.1) is 0 Å². The predicted molar refractivity (Wildman–Crippen MR) is 131 cm³/mol. The highest BCUT2D eigenvalue weighted by atomic mass is 15.2. The van der Waals surface area contributed by atoms with E-state index in [2.05, 4.69) is 127 Å². The summed E-state index contributed by atoms with van der Waals surface area (Å²) in [6.45, 7) is 18.5. The van der Waals surface area contributed by atoms with E-state index < -0.39 is 0 Å². The summed E-state index contributed by atoms with van der Waals surface area (Å²) in [4.78, 5) is 2.53. The third kappa shape index (κ3) is 3.25. The van der Waals surface area contributed by atoms with Crippen LogP contribution >= 0.6 is 0 Å². The molecule has 0 heterocycles. The normalized spacial score (nSPS) is 14.9. The van der Waals surface area contributed by atoms with Crippen LogP contribution in [0.4, 0.5) is 11.4 Å². The van der Waals surface area contributed by atoms with Crippen LogP contribution in [0.25, 0.3) is 11.1 Å². The van der Waals surface area contributed by atoms with E-state index in [1.807, 2.05) is 0 Å². The van der Waals surface area contributed by atoms with Crippen molar-refractivity contribution in [1.82, 2.24) is 0 Å². The first kappa shape index (κ1) is 20.7. The lowest BCUT2D eigenvalue weighted by atomic mass is 9.82. The van der Waals surface area contributed by atoms with E-state index in [1.165, 1.54) is 39.2 Å². The van der Waals surface area contributed by atoms with Gasteiger partial charge in [0.25, 0.3) is 0 Å². The second-order valence-corrected chi connectivity index (χ2v) is 11.2. The number of hydrogen-bond donors (Lipinski definition) is 0. The minimum absolute atomic E-state index is 0.0126. The Labute approximate surface area is 182 Å². The van der Waals surface area contributed by atoms with Crippen LogP contribution in [0.5, 0.6) is 0 Å². The molecule has 0 fully saturated rings. The second-order valence-electron chi connectivity index (χ2n) is 11.2. The van der Waals surface area contributed by atoms with Crippen LogP contribution in [0.15, 0.2) is 66.7 Å². The molecule has 0 unspecified atom stereocenters. The molecule has 0 atom stereocenters. The first-order valence-corrected chi connectivity index (χ1v) is 11.1. The smallest absolute Gasteiger partial charge is 0.0498 e. The Balaban J connectivity index is 1.99. The molecule has 30 heavy (non-hydrogen) atoms. The van der Waals surface area contributed by atoms with Gasteiger partial charge in [0.2, 0.25) is 0 Å². The van der Waals surface area contributed by atoms with E-state index in [0.717, 1.165) is 0 Å². The molecule has 1 heteroatoms. The van der Waals surface area contributed by atoms with Gasteiger partial charge in [-0.1, -0.05) is 83.1 Å². The van der Waals surface area contributed by atoms with Crippen LogP contribution in [0.1, 0.15) is 72.1 Å². The van der Waals surface area contributed by atoms with Gasteiger partial charge in [0, 0.05) is 27.9 Å². The van der Waals surface area contributed by atoms with Crippen LogP contribution in [0.3, 0.4) is 0 Å². The number of benzene rings is 3. The maximum Gasteiger partial charge on any atom is 0.0498 e. The zero-order valence-electron chi connectivity index (χ0n) is 19.8. The summed E-state index contributed by atoms with van der Waals surface area (Å²) in [5, 5.41) is 0. The minimum Gasteiger partial charge on any atom is -0.336 e. The van der Waals surface area contributed by atoms with E-state index in [9.17, 15) is 0 Å². The predicted octanol–water partition coefficient (Wildman–Crippen LogP) is 8.23. The SMILES string of the molecule is CC(C)(C)c1cccc(N(c2cccc3c2-c2ccccc2C3(C)C)C(C)(C)C)c1. The van der Waals surface area contributed by atoms with Crippen molar-refractivity contribution in [2.45, 2.75) is 71.8 Å². The number of nitrogens with zero attached hydrogens (tertiary/aromatic N) is 1. The molecule has 0 spiro atoms. The molecule has 0 N–H and O–H groups in total. The molecular weight excluding hydrogens is 362 g/mol. The zero-order chi connectivity index (χ0) is 21.9. The standard InChI is InChI=1S/C29H35N/c1-27(2,3)20-13-11-14-21(19-20)30(28(4,5)6)25-18-12-17-24-26(25)22-15-9-10-16-23(22)29(24,7)8/h9-19H,1-8H3. The van der Waals surface area contributed by atoms with Crippen molar-refractivity contribution in [3.8, 4) is 11.1 Å². The van der Waals surface area contributed by atoms with Crippen molar-refractivity contribution in [1.29, 1.82) is 0 Å². The first-order chi connectivity index (χ1) is 13.9. The highest BCUT2D eigenvalue weighted by Gasteiger charge is 2.38. The first-order valence-electron chi connectivity index (χ1n) is 11.1. The monoisotopic (exact) mass is 397 g/mol. The summed E-state index contributed by atoms with van der Waals surface area (Å²) in [6, 6.07) is 24.8. The molecule has 1 aliphatic carbocycles. The van der Waals surface area contributed by atoms with Crippen LogP contribution < -0.4 is 4.90 Å². The summed E-state index contributed by atoms with van der Waals surface area (Å²) < 4.78 is 0. The largest absolute Gasteiger partial charge is 0.336 e. The number of rotatable bonds is 2. The van der Waals surface area contributed by atoms with Gasteiger partial charge in [-0.05, 0) is 66.6 Å². The van der Waals surface area contributed by atoms with E-state index in [4.69, 9.17) is 0 Å². The fraction of sp³-hybridized carbons (Fsp3) is 0.379. The topological polar surface area (TPSA) is 3.24 Å². The van der Waals surface area contributed by atoms with Crippen molar-refractivity contribution in [3.05, 3.63) is 83.4 Å². The Morgan fingerprint density at radius 3 is 2.00 bits per heavy atom. The molecule has 0 aliphatic heterocycles. The Hall–Kier alpha value is -2.54. The summed E-state index contributed by atoms with van der Waals surface area (Å²) in [5.74, 6) is 0. The summed E-state index contributed by atoms with van der Waals surface area (Å²) in [7, 11) is 0. The Kier molecular flexibility index (Phi) is 4.65. The molecule has 3 aromatic carbocycles. The van der Waals surface area contributed by atoms with Crippen molar-refractivity contribution in [2.75, 3.05) is 4.90 Å². The molecule has 0 aromatic heterocycles. The quantitative estimate of drug-likeness (QED) is 0.421. The highest BCUT2D eigenvalue weighted by molar-refractivity contribution is 5.92. The zero-order valence-corrected chi connectivity index (χ0v) is 19.8. The fourth-order valence-electron chi connectivity index (χ4n) is 4.92. The number of anilines is 2. The summed E-state index contributed by atoms with van der Waals surface area (Å²) in [6.07, 6.45) is 0. The molecule has 1 aliphatic rings. The minimum atomic E-state index is -0.0622. The number of fused-ring (bicyclic) bond motifs is 3. The van der Waals surface area contributed by atoms with Crippen molar-refractivity contribution in [2.24, 2.45) is 0 Å². The molecule has 4 rings (SSSR count). The van der Waals surface area contributed by atoms with Crippen molar-refractivity contribution in [3.63, 3.8) is 0 Å². The summed E-state index contributed by atoms with van der Waals surface area (Å²) >= 11 is 0. The van der Waals surface area contributed by atoms with Crippen LogP contribution in [0.2, 0.25) is 0 Å². The molecule has 0 saturated carbocycles. The van der Waals surface area contributed by atoms with Crippen molar-refractivity contribution >= 4 is 11.4 Å². The lowest BCUT2D eigenvalue weighted by molar-refractivity contribution is 0.557. The lowest BCUT2D eigenvalue weighted by Gasteiger charge is -2.40. The highest BCUT2D eigenvalue weighted by Crippen LogP contribution is 2.53. The van der Waals surface area contributed by atoms with Gasteiger partial charge in [-0.25, -0.2) is 0 Å². The third-order valence-corrected chi connectivity index (χ3v) is 6.47. The molecular formula is C29H35N. The van der Waals surface area contributed by atoms with E-state index in [1.54, 1.807) is 0 Å². The number of hydrogen-bond acceptors (Lipinski definition) is 1. The average molecular weight is 398 g/mol. The van der Waals surface area contributed by atoms with Gasteiger partial charge in [-0.2, -0.15) is 0 Å². The Bertz CT molecular complexity index is 1090. The van der Waals surface area contributed by atoms with Gasteiger partial charge in [-0.3, -0.25) is 0 Å². The second kappa shape index (κ2) is 6.74. The van der Waals surface area contributed by atoms with Gasteiger partial charge in [0.15, 0.2) is 0 Å². The lowest BCUT2D eigenvalue weighted by Crippen LogP contribution is -2.38. The van der Waals surface area contributed by atoms with Crippen LogP contribution in [-0.2, 0) is 10.8 Å². The Morgan fingerprint density at radius 1 is 0.700 bits per heavy atom. The van der Waals surface area contributed by atoms with Crippen LogP contribution in [-0.4, -0.2) is 5.54 Å². The van der Waals surface area contributed by atoms with E-state index in [0.29, 0.717) is 0 Å². The molecule has 1 nitrogen and oxygen atoms in total. The maximum atomic E-state index is 2.53. The molecule has 0 bridgehead atoms. The van der Waals surface area contributed by atoms with Gasteiger partial charge in [0.05, 0.1) is 0 Å². The fourth-order valence-corrected chi connectivity index (χ4v) is 4.92. The van der Waals surface area contributed by atoms with Gasteiger partial charge in [0.1, 0.15) is 0 Å². The molecule has 156 valence electrons. The van der Waals surface area contributed by atoms with Crippen LogP contribution in [0, 0.1) is 0 Å². The molecule has 3 aromatic rings.